The van der Waals surface area contributed by atoms with Crippen molar-refractivity contribution in [2.45, 2.75) is 45.6 Å². The van der Waals surface area contributed by atoms with Crippen LogP contribution >= 0.6 is 0 Å². The van der Waals surface area contributed by atoms with Crippen LogP contribution in [-0.4, -0.2) is 39.7 Å². The lowest BCUT2D eigenvalue weighted by atomic mass is 9.98. The molecular formula is C19H25N3O2. The number of carbonyl (C=O) groups is 1. The molecular weight excluding hydrogens is 302 g/mol. The average Bonchev–Trinajstić information content (AvgIpc) is 2.89. The van der Waals surface area contributed by atoms with Crippen LogP contribution in [0.25, 0.3) is 16.5 Å². The first-order valence-corrected chi connectivity index (χ1v) is 8.52. The highest BCUT2D eigenvalue weighted by atomic mass is 16.6. The molecule has 2 aromatic heterocycles. The zero-order valence-electron chi connectivity index (χ0n) is 14.6. The minimum absolute atomic E-state index is 0.211. The van der Waals surface area contributed by atoms with Gasteiger partial charge in [-0.05, 0) is 51.7 Å². The van der Waals surface area contributed by atoms with Gasteiger partial charge in [0.2, 0.25) is 0 Å². The molecule has 1 aliphatic heterocycles. The zero-order valence-corrected chi connectivity index (χ0v) is 14.6. The Morgan fingerprint density at radius 2 is 2.17 bits per heavy atom. The number of aromatic nitrogens is 2. The molecule has 2 aromatic rings. The van der Waals surface area contributed by atoms with E-state index in [4.69, 9.17) is 4.74 Å². The third-order valence-corrected chi connectivity index (χ3v) is 4.14. The van der Waals surface area contributed by atoms with Crippen LogP contribution < -0.4 is 0 Å². The molecule has 1 amide bonds. The standard InChI is InChI=1S/C19H25N3O2/c1-19(2,3)24-18(23)22-10-4-6-14(7-5-11-22)16-12-21-17-13-20-9-8-15(16)17/h6,8-9,12-13,21H,4-5,7,10-11H2,1-3H3/b14-6+. The van der Waals surface area contributed by atoms with Gasteiger partial charge < -0.3 is 14.6 Å². The number of allylic oxidation sites excluding steroid dienone is 1. The largest absolute Gasteiger partial charge is 0.444 e. The molecule has 0 spiro atoms. The van der Waals surface area contributed by atoms with Crippen molar-refractivity contribution < 1.29 is 9.53 Å². The number of carbonyl (C=O) groups excluding carboxylic acids is 1. The molecule has 0 fully saturated rings. The van der Waals surface area contributed by atoms with Gasteiger partial charge in [0, 0.05) is 36.4 Å². The molecule has 0 aliphatic carbocycles. The number of fused-ring (bicyclic) bond motifs is 1. The average molecular weight is 327 g/mol. The maximum atomic E-state index is 12.2. The number of pyridine rings is 1. The van der Waals surface area contributed by atoms with Crippen molar-refractivity contribution in [2.24, 2.45) is 0 Å². The lowest BCUT2D eigenvalue weighted by Gasteiger charge is -2.28. The summed E-state index contributed by atoms with van der Waals surface area (Å²) in [6.45, 7) is 7.13. The third-order valence-electron chi connectivity index (χ3n) is 4.14. The number of ether oxygens (including phenoxy) is 1. The van der Waals surface area contributed by atoms with Crippen molar-refractivity contribution in [2.75, 3.05) is 13.1 Å². The topological polar surface area (TPSA) is 58.2 Å². The number of nitrogens with one attached hydrogen (secondary N) is 1. The first kappa shape index (κ1) is 16.6. The maximum Gasteiger partial charge on any atom is 0.410 e. The van der Waals surface area contributed by atoms with Crippen molar-refractivity contribution in [1.29, 1.82) is 0 Å². The molecule has 5 heteroatoms. The van der Waals surface area contributed by atoms with Crippen molar-refractivity contribution in [3.05, 3.63) is 36.3 Å². The van der Waals surface area contributed by atoms with Crippen molar-refractivity contribution in [3.63, 3.8) is 0 Å². The van der Waals surface area contributed by atoms with E-state index in [1.807, 2.05) is 44.1 Å². The minimum atomic E-state index is -0.446. The van der Waals surface area contributed by atoms with Gasteiger partial charge in [0.1, 0.15) is 5.60 Å². The second-order valence-electron chi connectivity index (χ2n) is 7.21. The van der Waals surface area contributed by atoms with E-state index < -0.39 is 5.60 Å². The fourth-order valence-electron chi connectivity index (χ4n) is 3.06. The van der Waals surface area contributed by atoms with Crippen molar-refractivity contribution in [1.82, 2.24) is 14.9 Å². The molecule has 3 rings (SSSR count). The molecule has 0 aromatic carbocycles. The van der Waals surface area contributed by atoms with Gasteiger partial charge in [-0.1, -0.05) is 6.08 Å². The van der Waals surface area contributed by atoms with E-state index in [1.54, 1.807) is 0 Å². The smallest absolute Gasteiger partial charge is 0.410 e. The van der Waals surface area contributed by atoms with Crippen LogP contribution in [0, 0.1) is 0 Å². The molecule has 5 nitrogen and oxygen atoms in total. The summed E-state index contributed by atoms with van der Waals surface area (Å²) in [6, 6.07) is 2.05. The van der Waals surface area contributed by atoms with E-state index >= 15 is 0 Å². The minimum Gasteiger partial charge on any atom is -0.444 e. The number of nitrogens with zero attached hydrogens (tertiary/aromatic N) is 2. The summed E-state index contributed by atoms with van der Waals surface area (Å²) < 4.78 is 5.48. The molecule has 0 saturated heterocycles. The Balaban J connectivity index is 1.72. The SMILES string of the molecule is CC(C)(C)OC(=O)N1CC/C=C(/c2c[nH]c3cnccc23)CCC1. The first-order valence-electron chi connectivity index (χ1n) is 8.52. The van der Waals surface area contributed by atoms with Crippen LogP contribution in [0.4, 0.5) is 4.79 Å². The monoisotopic (exact) mass is 327 g/mol. The van der Waals surface area contributed by atoms with Gasteiger partial charge >= 0.3 is 6.09 Å². The van der Waals surface area contributed by atoms with Crippen LogP contribution in [0.5, 0.6) is 0 Å². The Bertz CT molecular complexity index is 755. The normalized spacial score (nSPS) is 18.6. The molecule has 24 heavy (non-hydrogen) atoms. The van der Waals surface area contributed by atoms with Gasteiger partial charge in [-0.25, -0.2) is 4.79 Å². The second kappa shape index (κ2) is 6.67. The quantitative estimate of drug-likeness (QED) is 0.846. The molecule has 0 atom stereocenters. The van der Waals surface area contributed by atoms with E-state index in [1.165, 1.54) is 16.5 Å². The first-order chi connectivity index (χ1) is 11.4. The highest BCUT2D eigenvalue weighted by Crippen LogP contribution is 2.29. The van der Waals surface area contributed by atoms with Crippen molar-refractivity contribution in [3.8, 4) is 0 Å². The molecule has 128 valence electrons. The predicted octanol–water partition coefficient (Wildman–Crippen LogP) is 4.37. The summed E-state index contributed by atoms with van der Waals surface area (Å²) in [7, 11) is 0. The third kappa shape index (κ3) is 3.78. The van der Waals surface area contributed by atoms with E-state index in [0.29, 0.717) is 6.54 Å². The van der Waals surface area contributed by atoms with Crippen molar-refractivity contribution >= 4 is 22.6 Å². The second-order valence-corrected chi connectivity index (χ2v) is 7.21. The molecule has 1 aliphatic rings. The number of hydrogen-bond acceptors (Lipinski definition) is 3. The molecule has 0 saturated carbocycles. The highest BCUT2D eigenvalue weighted by Gasteiger charge is 2.22. The van der Waals surface area contributed by atoms with Crippen LogP contribution in [-0.2, 0) is 4.74 Å². The lowest BCUT2D eigenvalue weighted by molar-refractivity contribution is 0.0250. The number of hydrogen-bond donors (Lipinski definition) is 1. The molecule has 0 unspecified atom stereocenters. The Labute approximate surface area is 142 Å². The lowest BCUT2D eigenvalue weighted by Crippen LogP contribution is -2.38. The van der Waals surface area contributed by atoms with E-state index in [2.05, 4.69) is 22.2 Å². The summed E-state index contributed by atoms with van der Waals surface area (Å²) in [4.78, 5) is 21.5. The van der Waals surface area contributed by atoms with E-state index in [9.17, 15) is 4.79 Å². The van der Waals surface area contributed by atoms with Crippen LogP contribution in [0.15, 0.2) is 30.7 Å². The number of rotatable bonds is 1. The van der Waals surface area contributed by atoms with Gasteiger partial charge in [-0.3, -0.25) is 4.98 Å². The molecule has 0 bridgehead atoms. The fraction of sp³-hybridized carbons (Fsp3) is 0.474. The van der Waals surface area contributed by atoms with Gasteiger partial charge in [0.25, 0.3) is 0 Å². The maximum absolute atomic E-state index is 12.2. The van der Waals surface area contributed by atoms with Gasteiger partial charge in [0.05, 0.1) is 11.7 Å². The summed E-state index contributed by atoms with van der Waals surface area (Å²) in [5.74, 6) is 0. The molecule has 3 heterocycles. The van der Waals surface area contributed by atoms with Crippen LogP contribution in [0.3, 0.4) is 0 Å². The Kier molecular flexibility index (Phi) is 4.60. The van der Waals surface area contributed by atoms with Gasteiger partial charge in [0.15, 0.2) is 0 Å². The number of aromatic amines is 1. The molecule has 0 radical (unpaired) electrons. The predicted molar refractivity (Wildman–Crippen MR) is 95.7 cm³/mol. The Morgan fingerprint density at radius 3 is 2.96 bits per heavy atom. The van der Waals surface area contributed by atoms with Crippen LogP contribution in [0.1, 0.15) is 45.6 Å². The Morgan fingerprint density at radius 1 is 1.33 bits per heavy atom. The summed E-state index contributed by atoms with van der Waals surface area (Å²) in [5.41, 5.74) is 3.21. The van der Waals surface area contributed by atoms with E-state index in [0.717, 1.165) is 31.3 Å². The fourth-order valence-corrected chi connectivity index (χ4v) is 3.06. The number of amides is 1. The van der Waals surface area contributed by atoms with Gasteiger partial charge in [-0.2, -0.15) is 0 Å². The number of H-pyrrole nitrogens is 1. The van der Waals surface area contributed by atoms with Gasteiger partial charge in [-0.15, -0.1) is 0 Å². The van der Waals surface area contributed by atoms with Crippen LogP contribution in [0.2, 0.25) is 0 Å². The summed E-state index contributed by atoms with van der Waals surface area (Å²) in [6.07, 6.45) is 10.5. The highest BCUT2D eigenvalue weighted by molar-refractivity contribution is 5.92. The van der Waals surface area contributed by atoms with E-state index in [-0.39, 0.29) is 6.09 Å². The summed E-state index contributed by atoms with van der Waals surface area (Å²) in [5, 5.41) is 1.21. The Hall–Kier alpha value is -2.30. The summed E-state index contributed by atoms with van der Waals surface area (Å²) >= 11 is 0. The zero-order chi connectivity index (χ0) is 17.2. The molecule has 1 N–H and O–H groups in total.